The van der Waals surface area contributed by atoms with Crippen molar-refractivity contribution in [3.05, 3.63) is 58.6 Å². The number of carbonyl (C=O) groups excluding carboxylic acids is 1. The van der Waals surface area contributed by atoms with E-state index in [2.05, 4.69) is 12.2 Å². The summed E-state index contributed by atoms with van der Waals surface area (Å²) in [6, 6.07) is 13.1. The van der Waals surface area contributed by atoms with Gasteiger partial charge in [0, 0.05) is 10.7 Å². The molecule has 0 saturated carbocycles. The van der Waals surface area contributed by atoms with Gasteiger partial charge in [0.05, 0.1) is 0 Å². The summed E-state index contributed by atoms with van der Waals surface area (Å²) >= 11 is 5.88. The van der Waals surface area contributed by atoms with Gasteiger partial charge in [-0.3, -0.25) is 4.79 Å². The highest BCUT2D eigenvalue weighted by atomic mass is 35.5. The number of halogens is 1. The fraction of sp³-hybridized carbons (Fsp3) is 0.235. The SMILES string of the molecule is CCc1cccc(NC(=O)COc2ccc(Cl)cc2C)c1. The summed E-state index contributed by atoms with van der Waals surface area (Å²) in [5.41, 5.74) is 2.88. The Morgan fingerprint density at radius 3 is 2.76 bits per heavy atom. The maximum atomic E-state index is 11.9. The third-order valence-electron chi connectivity index (χ3n) is 3.11. The molecule has 21 heavy (non-hydrogen) atoms. The summed E-state index contributed by atoms with van der Waals surface area (Å²) in [5.74, 6) is 0.481. The van der Waals surface area contributed by atoms with Crippen molar-refractivity contribution in [1.29, 1.82) is 0 Å². The van der Waals surface area contributed by atoms with Crippen LogP contribution in [-0.2, 0) is 11.2 Å². The van der Waals surface area contributed by atoms with E-state index in [9.17, 15) is 4.79 Å². The van der Waals surface area contributed by atoms with E-state index in [1.807, 2.05) is 31.2 Å². The number of ether oxygens (including phenoxy) is 1. The Labute approximate surface area is 129 Å². The van der Waals surface area contributed by atoms with Crippen LogP contribution in [-0.4, -0.2) is 12.5 Å². The van der Waals surface area contributed by atoms with Crippen LogP contribution in [0.25, 0.3) is 0 Å². The first-order valence-corrected chi connectivity index (χ1v) is 7.24. The van der Waals surface area contributed by atoms with Crippen LogP contribution in [0.3, 0.4) is 0 Å². The van der Waals surface area contributed by atoms with Gasteiger partial charge in [0.25, 0.3) is 5.91 Å². The van der Waals surface area contributed by atoms with Crippen molar-refractivity contribution >= 4 is 23.2 Å². The molecule has 3 nitrogen and oxygen atoms in total. The summed E-state index contributed by atoms with van der Waals surface area (Å²) in [5, 5.41) is 3.48. The lowest BCUT2D eigenvalue weighted by Gasteiger charge is -2.10. The second-order valence-corrected chi connectivity index (χ2v) is 5.24. The van der Waals surface area contributed by atoms with Crippen LogP contribution in [0.15, 0.2) is 42.5 Å². The zero-order valence-corrected chi connectivity index (χ0v) is 12.9. The van der Waals surface area contributed by atoms with E-state index in [4.69, 9.17) is 16.3 Å². The highest BCUT2D eigenvalue weighted by molar-refractivity contribution is 6.30. The molecule has 0 spiro atoms. The van der Waals surface area contributed by atoms with Gasteiger partial charge in [-0.1, -0.05) is 30.7 Å². The van der Waals surface area contributed by atoms with Crippen molar-refractivity contribution in [3.8, 4) is 5.75 Å². The lowest BCUT2D eigenvalue weighted by atomic mass is 10.1. The molecule has 2 rings (SSSR count). The molecular formula is C17H18ClNO2. The minimum absolute atomic E-state index is 0.0289. The third kappa shape index (κ3) is 4.50. The van der Waals surface area contributed by atoms with Gasteiger partial charge >= 0.3 is 0 Å². The van der Waals surface area contributed by atoms with Crippen molar-refractivity contribution in [3.63, 3.8) is 0 Å². The zero-order valence-electron chi connectivity index (χ0n) is 12.2. The van der Waals surface area contributed by atoms with Crippen LogP contribution < -0.4 is 10.1 Å². The molecule has 0 heterocycles. The number of benzene rings is 2. The molecule has 2 aromatic carbocycles. The number of hydrogen-bond donors (Lipinski definition) is 1. The van der Waals surface area contributed by atoms with Gasteiger partial charge in [-0.2, -0.15) is 0 Å². The van der Waals surface area contributed by atoms with E-state index < -0.39 is 0 Å². The van der Waals surface area contributed by atoms with E-state index in [1.54, 1.807) is 18.2 Å². The Hall–Kier alpha value is -2.00. The Balaban J connectivity index is 1.92. The highest BCUT2D eigenvalue weighted by Crippen LogP contribution is 2.21. The van der Waals surface area contributed by atoms with Crippen molar-refractivity contribution in [2.45, 2.75) is 20.3 Å². The van der Waals surface area contributed by atoms with Crippen molar-refractivity contribution in [2.75, 3.05) is 11.9 Å². The summed E-state index contributed by atoms with van der Waals surface area (Å²) in [6.45, 7) is 3.94. The normalized spacial score (nSPS) is 10.2. The van der Waals surface area contributed by atoms with Gasteiger partial charge in [0.1, 0.15) is 5.75 Å². The summed E-state index contributed by atoms with van der Waals surface area (Å²) in [6.07, 6.45) is 0.935. The van der Waals surface area contributed by atoms with Crippen LogP contribution in [0, 0.1) is 6.92 Å². The highest BCUT2D eigenvalue weighted by Gasteiger charge is 2.06. The molecule has 1 N–H and O–H groups in total. The standard InChI is InChI=1S/C17H18ClNO2/c1-3-13-5-4-6-15(10-13)19-17(20)11-21-16-8-7-14(18)9-12(16)2/h4-10H,3,11H2,1-2H3,(H,19,20). The summed E-state index contributed by atoms with van der Waals surface area (Å²) in [7, 11) is 0. The van der Waals surface area contributed by atoms with Crippen LogP contribution >= 0.6 is 11.6 Å². The van der Waals surface area contributed by atoms with Crippen molar-refractivity contribution in [2.24, 2.45) is 0 Å². The smallest absolute Gasteiger partial charge is 0.262 e. The monoisotopic (exact) mass is 303 g/mol. The number of hydrogen-bond acceptors (Lipinski definition) is 2. The summed E-state index contributed by atoms with van der Waals surface area (Å²) in [4.78, 5) is 11.9. The Morgan fingerprint density at radius 1 is 1.24 bits per heavy atom. The molecular weight excluding hydrogens is 286 g/mol. The van der Waals surface area contributed by atoms with Crippen LogP contribution in [0.5, 0.6) is 5.75 Å². The molecule has 0 radical (unpaired) electrons. The predicted molar refractivity (Wildman–Crippen MR) is 86.1 cm³/mol. The van der Waals surface area contributed by atoms with Crippen LogP contribution in [0.1, 0.15) is 18.1 Å². The first-order valence-electron chi connectivity index (χ1n) is 6.86. The van der Waals surface area contributed by atoms with E-state index >= 15 is 0 Å². The predicted octanol–water partition coefficient (Wildman–Crippen LogP) is 4.23. The maximum Gasteiger partial charge on any atom is 0.262 e. The van der Waals surface area contributed by atoms with Gasteiger partial charge in [-0.15, -0.1) is 0 Å². The number of anilines is 1. The van der Waals surface area contributed by atoms with Gasteiger partial charge in [-0.25, -0.2) is 0 Å². The van der Waals surface area contributed by atoms with E-state index in [-0.39, 0.29) is 12.5 Å². The quantitative estimate of drug-likeness (QED) is 0.897. The van der Waals surface area contributed by atoms with Crippen molar-refractivity contribution < 1.29 is 9.53 Å². The number of carbonyl (C=O) groups is 1. The number of aryl methyl sites for hydroxylation is 2. The first kappa shape index (κ1) is 15.4. The van der Waals surface area contributed by atoms with Crippen LogP contribution in [0.4, 0.5) is 5.69 Å². The minimum atomic E-state index is -0.183. The lowest BCUT2D eigenvalue weighted by molar-refractivity contribution is -0.118. The topological polar surface area (TPSA) is 38.3 Å². The molecule has 0 aliphatic carbocycles. The molecule has 4 heteroatoms. The lowest BCUT2D eigenvalue weighted by Crippen LogP contribution is -2.20. The van der Waals surface area contributed by atoms with Crippen LogP contribution in [0.2, 0.25) is 5.02 Å². The van der Waals surface area contributed by atoms with E-state index in [1.165, 1.54) is 5.56 Å². The molecule has 0 unspecified atom stereocenters. The molecule has 0 atom stereocenters. The van der Waals surface area contributed by atoms with Gasteiger partial charge in [0.2, 0.25) is 0 Å². The fourth-order valence-electron chi connectivity index (χ4n) is 1.98. The fourth-order valence-corrected chi connectivity index (χ4v) is 2.21. The molecule has 0 aromatic heterocycles. The number of nitrogens with one attached hydrogen (secondary N) is 1. The molecule has 2 aromatic rings. The van der Waals surface area contributed by atoms with Crippen molar-refractivity contribution in [1.82, 2.24) is 0 Å². The zero-order chi connectivity index (χ0) is 15.2. The number of rotatable bonds is 5. The van der Waals surface area contributed by atoms with E-state index in [0.717, 1.165) is 17.7 Å². The molecule has 0 bridgehead atoms. The molecule has 0 aliphatic heterocycles. The molecule has 1 amide bonds. The Morgan fingerprint density at radius 2 is 2.05 bits per heavy atom. The largest absolute Gasteiger partial charge is 0.483 e. The second-order valence-electron chi connectivity index (χ2n) is 4.80. The third-order valence-corrected chi connectivity index (χ3v) is 3.35. The molecule has 0 fully saturated rings. The average molecular weight is 304 g/mol. The van der Waals surface area contributed by atoms with Gasteiger partial charge in [0.15, 0.2) is 6.61 Å². The maximum absolute atomic E-state index is 11.9. The average Bonchev–Trinajstić information content (AvgIpc) is 2.46. The first-order chi connectivity index (χ1) is 10.1. The number of amides is 1. The summed E-state index contributed by atoms with van der Waals surface area (Å²) < 4.78 is 5.51. The Kier molecular flexibility index (Phi) is 5.23. The minimum Gasteiger partial charge on any atom is -0.483 e. The second kappa shape index (κ2) is 7.14. The van der Waals surface area contributed by atoms with E-state index in [0.29, 0.717) is 10.8 Å². The molecule has 0 saturated heterocycles. The van der Waals surface area contributed by atoms with Gasteiger partial charge < -0.3 is 10.1 Å². The molecule has 110 valence electrons. The van der Waals surface area contributed by atoms with Gasteiger partial charge in [-0.05, 0) is 54.8 Å². The molecule has 0 aliphatic rings. The Bertz CT molecular complexity index is 640.